The maximum atomic E-state index is 13.3. The Morgan fingerprint density at radius 3 is 2.59 bits per heavy atom. The molecule has 2 amide bonds. The Kier molecular flexibility index (Phi) is 8.12. The predicted molar refractivity (Wildman–Crippen MR) is 120 cm³/mol. The molecular formula is C22H24BrFN2O2S. The van der Waals surface area contributed by atoms with Crippen molar-refractivity contribution in [2.45, 2.75) is 19.3 Å². The van der Waals surface area contributed by atoms with Gasteiger partial charge < -0.3 is 10.2 Å². The summed E-state index contributed by atoms with van der Waals surface area (Å²) in [4.78, 5) is 26.3. The number of rotatable bonds is 7. The lowest BCUT2D eigenvalue weighted by molar-refractivity contribution is -0.129. The van der Waals surface area contributed by atoms with Crippen LogP contribution in [0.3, 0.4) is 0 Å². The molecule has 4 nitrogen and oxygen atoms in total. The zero-order chi connectivity index (χ0) is 20.6. The number of nitrogens with one attached hydrogen (secondary N) is 1. The van der Waals surface area contributed by atoms with Gasteiger partial charge >= 0.3 is 0 Å². The monoisotopic (exact) mass is 478 g/mol. The highest BCUT2D eigenvalue weighted by atomic mass is 79.9. The number of carbonyl (C=O) groups excluding carboxylic acids is 2. The summed E-state index contributed by atoms with van der Waals surface area (Å²) in [5, 5.41) is 2.83. The first kappa shape index (κ1) is 21.8. The molecule has 2 aromatic rings. The molecular weight excluding hydrogens is 455 g/mol. The minimum absolute atomic E-state index is 0.0782. The third-order valence-electron chi connectivity index (χ3n) is 4.95. The van der Waals surface area contributed by atoms with Crippen molar-refractivity contribution in [3.05, 3.63) is 64.4 Å². The highest BCUT2D eigenvalue weighted by Gasteiger charge is 2.23. The summed E-state index contributed by atoms with van der Waals surface area (Å²) in [6.07, 6.45) is 2.71. The number of amides is 2. The molecule has 0 saturated carbocycles. The van der Waals surface area contributed by atoms with E-state index in [1.165, 1.54) is 17.8 Å². The Morgan fingerprint density at radius 1 is 1.10 bits per heavy atom. The molecule has 0 radical (unpaired) electrons. The van der Waals surface area contributed by atoms with E-state index >= 15 is 0 Å². The van der Waals surface area contributed by atoms with Gasteiger partial charge in [-0.2, -0.15) is 0 Å². The van der Waals surface area contributed by atoms with Crippen LogP contribution < -0.4 is 5.32 Å². The van der Waals surface area contributed by atoms with Crippen LogP contribution in [0.4, 0.5) is 10.1 Å². The van der Waals surface area contributed by atoms with E-state index < -0.39 is 0 Å². The number of halogens is 2. The van der Waals surface area contributed by atoms with Gasteiger partial charge in [-0.05, 0) is 61.1 Å². The van der Waals surface area contributed by atoms with Gasteiger partial charge in [-0.25, -0.2) is 4.39 Å². The van der Waals surface area contributed by atoms with Gasteiger partial charge in [-0.1, -0.05) is 34.1 Å². The molecule has 154 valence electrons. The van der Waals surface area contributed by atoms with E-state index in [4.69, 9.17) is 0 Å². The second-order valence-electron chi connectivity index (χ2n) is 7.21. The molecule has 1 heterocycles. The fourth-order valence-corrected chi connectivity index (χ4v) is 4.59. The normalized spacial score (nSPS) is 14.6. The highest BCUT2D eigenvalue weighted by molar-refractivity contribution is 9.10. The van der Waals surface area contributed by atoms with E-state index in [2.05, 4.69) is 21.2 Å². The Labute approximate surface area is 183 Å². The maximum Gasteiger partial charge on any atom is 0.234 e. The maximum absolute atomic E-state index is 13.3. The van der Waals surface area contributed by atoms with Gasteiger partial charge in [0.25, 0.3) is 0 Å². The van der Waals surface area contributed by atoms with Gasteiger partial charge in [0.15, 0.2) is 0 Å². The van der Waals surface area contributed by atoms with Crippen LogP contribution in [0.1, 0.15) is 18.4 Å². The summed E-state index contributed by atoms with van der Waals surface area (Å²) in [5.41, 5.74) is 1.75. The van der Waals surface area contributed by atoms with Crippen molar-refractivity contribution in [1.29, 1.82) is 0 Å². The van der Waals surface area contributed by atoms with E-state index in [0.717, 1.165) is 48.1 Å². The van der Waals surface area contributed by atoms with Crippen LogP contribution >= 0.6 is 27.7 Å². The largest absolute Gasteiger partial charge is 0.342 e. The van der Waals surface area contributed by atoms with Crippen LogP contribution in [-0.2, 0) is 16.0 Å². The molecule has 1 aliphatic heterocycles. The van der Waals surface area contributed by atoms with Gasteiger partial charge in [-0.15, -0.1) is 11.8 Å². The summed E-state index contributed by atoms with van der Waals surface area (Å²) in [6, 6.07) is 14.2. The number of piperidine rings is 1. The Hall–Kier alpha value is -1.86. The van der Waals surface area contributed by atoms with Gasteiger partial charge in [0.1, 0.15) is 5.82 Å². The number of benzene rings is 2. The first-order chi connectivity index (χ1) is 14.0. The molecule has 1 N–H and O–H groups in total. The third-order valence-corrected chi connectivity index (χ3v) is 6.36. The van der Waals surface area contributed by atoms with E-state index in [-0.39, 0.29) is 23.4 Å². The first-order valence-corrected chi connectivity index (χ1v) is 11.6. The van der Waals surface area contributed by atoms with Gasteiger partial charge in [-0.3, -0.25) is 9.59 Å². The molecule has 1 saturated heterocycles. The lowest BCUT2D eigenvalue weighted by Gasteiger charge is -2.32. The molecule has 3 rings (SSSR count). The van der Waals surface area contributed by atoms with Crippen LogP contribution in [0.25, 0.3) is 0 Å². The Bertz CT molecular complexity index is 856. The van der Waals surface area contributed by atoms with Crippen LogP contribution in [0.15, 0.2) is 53.0 Å². The summed E-state index contributed by atoms with van der Waals surface area (Å²) in [6.45, 7) is 1.45. The van der Waals surface area contributed by atoms with Crippen molar-refractivity contribution in [3.63, 3.8) is 0 Å². The number of nitrogens with zero attached hydrogens (tertiary/aromatic N) is 1. The number of thioether (sulfide) groups is 1. The predicted octanol–water partition coefficient (Wildman–Crippen LogP) is 4.74. The van der Waals surface area contributed by atoms with Crippen molar-refractivity contribution in [1.82, 2.24) is 4.90 Å². The average molecular weight is 479 g/mol. The van der Waals surface area contributed by atoms with E-state index in [1.54, 1.807) is 12.1 Å². The number of carbonyl (C=O) groups is 2. The molecule has 1 aliphatic rings. The van der Waals surface area contributed by atoms with E-state index in [9.17, 15) is 14.0 Å². The summed E-state index contributed by atoms with van der Waals surface area (Å²) >= 11 is 4.71. The van der Waals surface area contributed by atoms with Crippen molar-refractivity contribution >= 4 is 45.2 Å². The van der Waals surface area contributed by atoms with E-state index in [0.29, 0.717) is 11.7 Å². The van der Waals surface area contributed by atoms with Crippen molar-refractivity contribution < 1.29 is 14.0 Å². The summed E-state index contributed by atoms with van der Waals surface area (Å²) in [5.74, 6) is 0.791. The van der Waals surface area contributed by atoms with Crippen molar-refractivity contribution in [2.24, 2.45) is 5.92 Å². The zero-order valence-corrected chi connectivity index (χ0v) is 18.5. The summed E-state index contributed by atoms with van der Waals surface area (Å²) < 4.78 is 14.2. The number of hydrogen-bond donors (Lipinski definition) is 1. The second kappa shape index (κ2) is 10.8. The van der Waals surface area contributed by atoms with Crippen LogP contribution in [-0.4, -0.2) is 41.3 Å². The molecule has 2 aromatic carbocycles. The zero-order valence-electron chi connectivity index (χ0n) is 16.1. The highest BCUT2D eigenvalue weighted by Crippen LogP contribution is 2.23. The summed E-state index contributed by atoms with van der Waals surface area (Å²) in [7, 11) is 0. The molecule has 0 unspecified atom stereocenters. The van der Waals surface area contributed by atoms with Crippen LogP contribution in [0.5, 0.6) is 0 Å². The third kappa shape index (κ3) is 7.16. The Balaban J connectivity index is 1.35. The smallest absolute Gasteiger partial charge is 0.234 e. The minimum atomic E-state index is -0.198. The SMILES string of the molecule is O=C(CSCC(=O)N1CCC(Cc2cccc(F)c2)CC1)Nc1cccc(Br)c1. The van der Waals surface area contributed by atoms with Gasteiger partial charge in [0.05, 0.1) is 11.5 Å². The first-order valence-electron chi connectivity index (χ1n) is 9.65. The van der Waals surface area contributed by atoms with Gasteiger partial charge in [0, 0.05) is 23.2 Å². The second-order valence-corrected chi connectivity index (χ2v) is 9.11. The average Bonchev–Trinajstić information content (AvgIpc) is 2.68. The molecule has 0 aromatic heterocycles. The number of hydrogen-bond acceptors (Lipinski definition) is 3. The van der Waals surface area contributed by atoms with Gasteiger partial charge in [0.2, 0.25) is 11.8 Å². The lowest BCUT2D eigenvalue weighted by Crippen LogP contribution is -2.40. The minimum Gasteiger partial charge on any atom is -0.342 e. The van der Waals surface area contributed by atoms with Crippen LogP contribution in [0.2, 0.25) is 0 Å². The quantitative estimate of drug-likeness (QED) is 0.624. The topological polar surface area (TPSA) is 49.4 Å². The number of likely N-dealkylation sites (tertiary alicyclic amines) is 1. The van der Waals surface area contributed by atoms with Crippen molar-refractivity contribution in [3.8, 4) is 0 Å². The molecule has 0 atom stereocenters. The fourth-order valence-electron chi connectivity index (χ4n) is 3.47. The number of anilines is 1. The molecule has 1 fully saturated rings. The Morgan fingerprint density at radius 2 is 1.86 bits per heavy atom. The van der Waals surface area contributed by atoms with E-state index in [1.807, 2.05) is 35.2 Å². The standard InChI is InChI=1S/C22H24BrFN2O2S/c23-18-4-2-6-20(13-18)25-21(27)14-29-15-22(28)26-9-7-16(8-10-26)11-17-3-1-5-19(24)12-17/h1-6,12-13,16H,7-11,14-15H2,(H,25,27). The van der Waals surface area contributed by atoms with Crippen molar-refractivity contribution in [2.75, 3.05) is 29.9 Å². The molecule has 0 bridgehead atoms. The molecule has 0 aliphatic carbocycles. The molecule has 0 spiro atoms. The molecule has 7 heteroatoms. The molecule has 29 heavy (non-hydrogen) atoms. The fraction of sp³-hybridized carbons (Fsp3) is 0.364. The van der Waals surface area contributed by atoms with Crippen LogP contribution in [0, 0.1) is 11.7 Å². The lowest BCUT2D eigenvalue weighted by atomic mass is 9.90.